The van der Waals surface area contributed by atoms with Crippen molar-refractivity contribution in [3.8, 4) is 0 Å². The van der Waals surface area contributed by atoms with Gasteiger partial charge in [0.2, 0.25) is 0 Å². The van der Waals surface area contributed by atoms with Gasteiger partial charge in [-0.05, 0) is 6.92 Å². The van der Waals surface area contributed by atoms with Crippen LogP contribution >= 0.6 is 0 Å². The van der Waals surface area contributed by atoms with E-state index in [2.05, 4.69) is 0 Å². The van der Waals surface area contributed by atoms with E-state index in [1.807, 2.05) is 32.1 Å². The molecule has 0 amide bonds. The van der Waals surface area contributed by atoms with Crippen LogP contribution in [-0.2, 0) is 0 Å². The molecule has 0 aromatic rings. The topological polar surface area (TPSA) is 40.5 Å². The van der Waals surface area contributed by atoms with Gasteiger partial charge in [-0.3, -0.25) is 0 Å². The van der Waals surface area contributed by atoms with Crippen LogP contribution in [0.4, 0.5) is 0 Å². The van der Waals surface area contributed by atoms with Gasteiger partial charge in [-0.2, -0.15) is 0 Å². The van der Waals surface area contributed by atoms with Gasteiger partial charge in [0.05, 0.1) is 13.2 Å². The Kier molecular flexibility index (Phi) is 2.70. The largest absolute Gasteiger partial charge is 0.396 e. The monoisotopic (exact) mass is 168 g/mol. The predicted octanol–water partition coefficient (Wildman–Crippen LogP) is 1.11. The first kappa shape index (κ1) is 9.49. The summed E-state index contributed by atoms with van der Waals surface area (Å²) in [5, 5.41) is 18.3. The van der Waals surface area contributed by atoms with Gasteiger partial charge in [0, 0.05) is 11.3 Å². The molecule has 0 saturated heterocycles. The van der Waals surface area contributed by atoms with E-state index in [-0.39, 0.29) is 24.5 Å². The van der Waals surface area contributed by atoms with Crippen molar-refractivity contribution in [3.05, 3.63) is 23.8 Å². The van der Waals surface area contributed by atoms with Crippen LogP contribution in [-0.4, -0.2) is 23.4 Å². The third-order valence-corrected chi connectivity index (χ3v) is 2.71. The fourth-order valence-corrected chi connectivity index (χ4v) is 1.69. The van der Waals surface area contributed by atoms with E-state index in [4.69, 9.17) is 5.11 Å². The fourth-order valence-electron chi connectivity index (χ4n) is 1.69. The third-order valence-electron chi connectivity index (χ3n) is 2.71. The average Bonchev–Trinajstić information content (AvgIpc) is 2.05. The molecular weight excluding hydrogens is 152 g/mol. The molecule has 68 valence electrons. The molecule has 12 heavy (non-hydrogen) atoms. The van der Waals surface area contributed by atoms with Crippen LogP contribution in [0.2, 0.25) is 0 Å². The van der Waals surface area contributed by atoms with Crippen molar-refractivity contribution in [2.24, 2.45) is 11.3 Å². The Morgan fingerprint density at radius 3 is 2.58 bits per heavy atom. The SMILES string of the molecule is CC1=CC=CC(C)(CO)C1CO. The minimum absolute atomic E-state index is 0.0625. The normalized spacial score (nSPS) is 35.0. The Labute approximate surface area is 73.2 Å². The summed E-state index contributed by atoms with van der Waals surface area (Å²) in [6, 6.07) is 0. The molecule has 0 aliphatic heterocycles. The van der Waals surface area contributed by atoms with Gasteiger partial charge in [0.25, 0.3) is 0 Å². The van der Waals surface area contributed by atoms with Crippen molar-refractivity contribution in [1.82, 2.24) is 0 Å². The van der Waals surface area contributed by atoms with E-state index >= 15 is 0 Å². The molecule has 0 aromatic carbocycles. The lowest BCUT2D eigenvalue weighted by atomic mass is 9.72. The molecule has 0 radical (unpaired) electrons. The number of hydrogen-bond acceptors (Lipinski definition) is 2. The molecule has 0 heterocycles. The second-order valence-electron chi connectivity index (χ2n) is 3.67. The maximum Gasteiger partial charge on any atom is 0.0526 e. The highest BCUT2D eigenvalue weighted by atomic mass is 16.3. The van der Waals surface area contributed by atoms with Crippen LogP contribution in [0.5, 0.6) is 0 Å². The van der Waals surface area contributed by atoms with Crippen LogP contribution in [0.15, 0.2) is 23.8 Å². The van der Waals surface area contributed by atoms with Crippen molar-refractivity contribution in [2.45, 2.75) is 13.8 Å². The highest BCUT2D eigenvalue weighted by Crippen LogP contribution is 2.36. The molecule has 1 aliphatic rings. The second kappa shape index (κ2) is 3.42. The molecule has 1 aliphatic carbocycles. The highest BCUT2D eigenvalue weighted by molar-refractivity contribution is 5.25. The molecular formula is C10H16O2. The molecule has 2 heteroatoms. The van der Waals surface area contributed by atoms with Crippen molar-refractivity contribution < 1.29 is 10.2 Å². The Hall–Kier alpha value is -0.600. The molecule has 0 bridgehead atoms. The van der Waals surface area contributed by atoms with E-state index in [9.17, 15) is 5.11 Å². The van der Waals surface area contributed by atoms with E-state index in [0.717, 1.165) is 5.57 Å². The molecule has 0 aromatic heterocycles. The van der Waals surface area contributed by atoms with Gasteiger partial charge < -0.3 is 10.2 Å². The average molecular weight is 168 g/mol. The first-order chi connectivity index (χ1) is 5.64. The smallest absolute Gasteiger partial charge is 0.0526 e. The quantitative estimate of drug-likeness (QED) is 0.648. The van der Waals surface area contributed by atoms with Gasteiger partial charge >= 0.3 is 0 Å². The standard InChI is InChI=1S/C10H16O2/c1-8-4-3-5-10(2,7-12)9(8)6-11/h3-5,9,11-12H,6-7H2,1-2H3. The number of allylic oxidation sites excluding steroid dienone is 2. The third kappa shape index (κ3) is 1.45. The molecule has 2 N–H and O–H groups in total. The summed E-state index contributed by atoms with van der Waals surface area (Å²) < 4.78 is 0. The van der Waals surface area contributed by atoms with Crippen LogP contribution in [0.3, 0.4) is 0 Å². The van der Waals surface area contributed by atoms with Crippen LogP contribution in [0.1, 0.15) is 13.8 Å². The van der Waals surface area contributed by atoms with Gasteiger partial charge in [-0.25, -0.2) is 0 Å². The molecule has 0 fully saturated rings. The van der Waals surface area contributed by atoms with E-state index in [1.54, 1.807) is 0 Å². The highest BCUT2D eigenvalue weighted by Gasteiger charge is 2.33. The van der Waals surface area contributed by atoms with Gasteiger partial charge in [0.1, 0.15) is 0 Å². The van der Waals surface area contributed by atoms with Crippen LogP contribution in [0.25, 0.3) is 0 Å². The Bertz CT molecular complexity index is 218. The van der Waals surface area contributed by atoms with E-state index in [0.29, 0.717) is 0 Å². The first-order valence-corrected chi connectivity index (χ1v) is 4.22. The second-order valence-corrected chi connectivity index (χ2v) is 3.67. The van der Waals surface area contributed by atoms with Crippen molar-refractivity contribution in [3.63, 3.8) is 0 Å². The lowest BCUT2D eigenvalue weighted by molar-refractivity contribution is 0.0963. The van der Waals surface area contributed by atoms with Crippen LogP contribution < -0.4 is 0 Å². The summed E-state index contributed by atoms with van der Waals surface area (Å²) in [6.45, 7) is 4.13. The summed E-state index contributed by atoms with van der Waals surface area (Å²) >= 11 is 0. The predicted molar refractivity (Wildman–Crippen MR) is 48.7 cm³/mol. The first-order valence-electron chi connectivity index (χ1n) is 4.22. The van der Waals surface area contributed by atoms with Crippen LogP contribution in [0, 0.1) is 11.3 Å². The molecule has 2 atom stereocenters. The summed E-state index contributed by atoms with van der Waals surface area (Å²) in [4.78, 5) is 0. The summed E-state index contributed by atoms with van der Waals surface area (Å²) in [6.07, 6.45) is 5.89. The Morgan fingerprint density at radius 1 is 1.50 bits per heavy atom. The van der Waals surface area contributed by atoms with Crippen molar-refractivity contribution in [2.75, 3.05) is 13.2 Å². The minimum Gasteiger partial charge on any atom is -0.396 e. The van der Waals surface area contributed by atoms with Gasteiger partial charge in [0.15, 0.2) is 0 Å². The summed E-state index contributed by atoms with van der Waals surface area (Å²) in [7, 11) is 0. The zero-order chi connectivity index (χ0) is 9.19. The van der Waals surface area contributed by atoms with Crippen molar-refractivity contribution in [1.29, 1.82) is 0 Å². The number of aliphatic hydroxyl groups is 2. The van der Waals surface area contributed by atoms with E-state index in [1.165, 1.54) is 0 Å². The zero-order valence-electron chi connectivity index (χ0n) is 7.62. The molecule has 1 rings (SSSR count). The minimum atomic E-state index is -0.284. The van der Waals surface area contributed by atoms with E-state index < -0.39 is 0 Å². The zero-order valence-corrected chi connectivity index (χ0v) is 7.62. The number of aliphatic hydroxyl groups excluding tert-OH is 2. The Morgan fingerprint density at radius 2 is 2.17 bits per heavy atom. The molecule has 0 spiro atoms. The fraction of sp³-hybridized carbons (Fsp3) is 0.600. The van der Waals surface area contributed by atoms with Gasteiger partial charge in [-0.15, -0.1) is 0 Å². The number of hydrogen-bond donors (Lipinski definition) is 2. The maximum absolute atomic E-state index is 9.18. The molecule has 2 nitrogen and oxygen atoms in total. The Balaban J connectivity index is 2.91. The summed E-state index contributed by atoms with van der Waals surface area (Å²) in [5.41, 5.74) is 0.852. The summed E-state index contributed by atoms with van der Waals surface area (Å²) in [5.74, 6) is 0.0625. The van der Waals surface area contributed by atoms with Gasteiger partial charge in [-0.1, -0.05) is 30.7 Å². The molecule has 2 unspecified atom stereocenters. The lowest BCUT2D eigenvalue weighted by Gasteiger charge is -2.35. The maximum atomic E-state index is 9.18. The molecule has 0 saturated carbocycles. The van der Waals surface area contributed by atoms with Crippen molar-refractivity contribution >= 4 is 0 Å². The lowest BCUT2D eigenvalue weighted by Crippen LogP contribution is -2.34. The number of rotatable bonds is 2.